The molecule has 2 N–H and O–H groups in total. The highest BCUT2D eigenvalue weighted by atomic mass is 32.2. The molecule has 166 valence electrons. The quantitative estimate of drug-likeness (QED) is 0.605. The van der Waals surface area contributed by atoms with Crippen LogP contribution in [-0.4, -0.2) is 47.0 Å². The van der Waals surface area contributed by atoms with Gasteiger partial charge in [0.1, 0.15) is 5.67 Å². The number of halogens is 1. The molecule has 2 rings (SSSR count). The molecule has 0 heterocycles. The van der Waals surface area contributed by atoms with Crippen LogP contribution in [0.5, 0.6) is 0 Å². The summed E-state index contributed by atoms with van der Waals surface area (Å²) in [6, 6.07) is 13.5. The van der Waals surface area contributed by atoms with Crippen molar-refractivity contribution in [3.63, 3.8) is 0 Å². The predicted octanol–water partition coefficient (Wildman–Crippen LogP) is 3.08. The molecule has 7 nitrogen and oxygen atoms in total. The molecule has 0 spiro atoms. The van der Waals surface area contributed by atoms with E-state index in [2.05, 4.69) is 9.44 Å². The second-order valence-electron chi connectivity index (χ2n) is 7.66. The largest absolute Gasteiger partial charge is 0.283 e. The summed E-state index contributed by atoms with van der Waals surface area (Å²) in [4.78, 5) is 0. The number of nitrogens with one attached hydrogen (secondary N) is 2. The van der Waals surface area contributed by atoms with Crippen molar-refractivity contribution in [3.05, 3.63) is 54.1 Å². The Morgan fingerprint density at radius 2 is 1.60 bits per heavy atom. The fraction of sp³-hybridized carbons (Fsp3) is 0.400. The zero-order valence-corrected chi connectivity index (χ0v) is 19.3. The lowest BCUT2D eigenvalue weighted by atomic mass is 9.95. The van der Waals surface area contributed by atoms with Gasteiger partial charge in [-0.15, -0.1) is 0 Å². The van der Waals surface area contributed by atoms with E-state index in [0.717, 1.165) is 15.4 Å². The number of nitrogens with zero attached hydrogens (tertiary/aromatic N) is 1. The molecule has 0 aliphatic carbocycles. The number of alkyl halides is 1. The number of sulfonamides is 1. The molecule has 0 amide bonds. The second kappa shape index (κ2) is 9.01. The summed E-state index contributed by atoms with van der Waals surface area (Å²) >= 11 is 0. The van der Waals surface area contributed by atoms with E-state index in [1.54, 1.807) is 56.3 Å². The summed E-state index contributed by atoms with van der Waals surface area (Å²) in [5, 5.41) is -0.562. The SMILES string of the molecule is CC(C)S(=O)(=O)Nc1cccc(-c2ccc(C(C)(F)CNS(=O)(=O)N(C)C)cc2)c1. The Labute approximate surface area is 178 Å². The summed E-state index contributed by atoms with van der Waals surface area (Å²) in [6.45, 7) is 4.09. The van der Waals surface area contributed by atoms with Gasteiger partial charge >= 0.3 is 0 Å². The maximum absolute atomic E-state index is 15.1. The minimum atomic E-state index is -3.73. The van der Waals surface area contributed by atoms with E-state index in [1.807, 2.05) is 6.07 Å². The molecule has 0 radical (unpaired) electrons. The first-order valence-corrected chi connectivity index (χ1v) is 12.3. The Balaban J connectivity index is 2.20. The van der Waals surface area contributed by atoms with E-state index in [-0.39, 0.29) is 0 Å². The summed E-state index contributed by atoms with van der Waals surface area (Å²) in [7, 11) is -4.46. The first-order valence-electron chi connectivity index (χ1n) is 9.33. The summed E-state index contributed by atoms with van der Waals surface area (Å²) < 4.78 is 68.6. The van der Waals surface area contributed by atoms with Crippen LogP contribution in [0.2, 0.25) is 0 Å². The molecule has 10 heteroatoms. The Morgan fingerprint density at radius 3 is 2.13 bits per heavy atom. The van der Waals surface area contributed by atoms with Crippen LogP contribution in [0.1, 0.15) is 26.3 Å². The third-order valence-electron chi connectivity index (χ3n) is 4.63. The molecule has 0 saturated carbocycles. The molecule has 0 fully saturated rings. The maximum Gasteiger partial charge on any atom is 0.279 e. The van der Waals surface area contributed by atoms with E-state index in [1.165, 1.54) is 21.0 Å². The molecule has 1 unspecified atom stereocenters. The van der Waals surface area contributed by atoms with Crippen LogP contribution in [-0.2, 0) is 25.9 Å². The molecule has 30 heavy (non-hydrogen) atoms. The molecule has 1 atom stereocenters. The van der Waals surface area contributed by atoms with Crippen molar-refractivity contribution in [1.29, 1.82) is 0 Å². The lowest BCUT2D eigenvalue weighted by Crippen LogP contribution is -2.41. The van der Waals surface area contributed by atoms with E-state index in [9.17, 15) is 16.8 Å². The molecular weight excluding hydrogens is 429 g/mol. The lowest BCUT2D eigenvalue weighted by molar-refractivity contribution is 0.196. The first kappa shape index (κ1) is 24.3. The maximum atomic E-state index is 15.1. The Kier molecular flexibility index (Phi) is 7.28. The van der Waals surface area contributed by atoms with Crippen LogP contribution < -0.4 is 9.44 Å². The smallest absolute Gasteiger partial charge is 0.279 e. The van der Waals surface area contributed by atoms with Gasteiger partial charge in [-0.2, -0.15) is 17.4 Å². The first-order chi connectivity index (χ1) is 13.7. The van der Waals surface area contributed by atoms with E-state index in [0.29, 0.717) is 11.3 Å². The average molecular weight is 458 g/mol. The van der Waals surface area contributed by atoms with Crippen molar-refractivity contribution in [2.75, 3.05) is 25.4 Å². The van der Waals surface area contributed by atoms with E-state index >= 15 is 4.39 Å². The number of hydrogen-bond donors (Lipinski definition) is 2. The van der Waals surface area contributed by atoms with Crippen molar-refractivity contribution in [1.82, 2.24) is 9.03 Å². The molecule has 0 aliphatic heterocycles. The van der Waals surface area contributed by atoms with Crippen LogP contribution in [0, 0.1) is 0 Å². The highest BCUT2D eigenvalue weighted by Gasteiger charge is 2.28. The Bertz CT molecular complexity index is 1080. The average Bonchev–Trinajstić information content (AvgIpc) is 2.66. The minimum absolute atomic E-state index is 0.323. The summed E-state index contributed by atoms with van der Waals surface area (Å²) in [5.41, 5.74) is 0.396. The van der Waals surface area contributed by atoms with Crippen molar-refractivity contribution in [2.24, 2.45) is 0 Å². The van der Waals surface area contributed by atoms with Crippen molar-refractivity contribution < 1.29 is 21.2 Å². The van der Waals surface area contributed by atoms with Gasteiger partial charge in [0.25, 0.3) is 10.2 Å². The highest BCUT2D eigenvalue weighted by molar-refractivity contribution is 7.93. The zero-order chi connectivity index (χ0) is 22.7. The summed E-state index contributed by atoms with van der Waals surface area (Å²) in [5.74, 6) is 0. The van der Waals surface area contributed by atoms with Crippen LogP contribution in [0.25, 0.3) is 11.1 Å². The number of rotatable bonds is 9. The van der Waals surface area contributed by atoms with Gasteiger partial charge in [-0.1, -0.05) is 36.4 Å². The molecule has 2 aromatic carbocycles. The lowest BCUT2D eigenvalue weighted by Gasteiger charge is -2.23. The third-order valence-corrected chi connectivity index (χ3v) is 7.86. The number of benzene rings is 2. The van der Waals surface area contributed by atoms with Crippen molar-refractivity contribution >= 4 is 25.9 Å². The van der Waals surface area contributed by atoms with E-state index < -0.39 is 37.7 Å². The minimum Gasteiger partial charge on any atom is -0.283 e. The molecule has 0 aliphatic rings. The van der Waals surface area contributed by atoms with Crippen LogP contribution in [0.15, 0.2) is 48.5 Å². The Morgan fingerprint density at radius 1 is 1.00 bits per heavy atom. The Hall–Kier alpha value is -2.01. The van der Waals surface area contributed by atoms with Crippen molar-refractivity contribution in [2.45, 2.75) is 31.7 Å². The van der Waals surface area contributed by atoms with Gasteiger partial charge < -0.3 is 0 Å². The third kappa shape index (κ3) is 6.00. The summed E-state index contributed by atoms with van der Waals surface area (Å²) in [6.07, 6.45) is 0. The second-order valence-corrected chi connectivity index (χ2v) is 11.9. The van der Waals surface area contributed by atoms with Gasteiger partial charge in [0.2, 0.25) is 10.0 Å². The van der Waals surface area contributed by atoms with Gasteiger partial charge in [0.15, 0.2) is 0 Å². The topological polar surface area (TPSA) is 95.6 Å². The molecule has 2 aromatic rings. The van der Waals surface area contributed by atoms with Gasteiger partial charge in [0, 0.05) is 26.3 Å². The highest BCUT2D eigenvalue weighted by Crippen LogP contribution is 2.29. The van der Waals surface area contributed by atoms with Gasteiger partial charge in [-0.05, 0) is 49.6 Å². The normalized spacial score (nSPS) is 14.7. The molecular formula is C20H28FN3O4S2. The van der Waals surface area contributed by atoms with E-state index in [4.69, 9.17) is 0 Å². The zero-order valence-electron chi connectivity index (χ0n) is 17.7. The fourth-order valence-corrected chi connectivity index (χ4v) is 3.92. The molecule has 0 aromatic heterocycles. The van der Waals surface area contributed by atoms with Crippen LogP contribution in [0.4, 0.5) is 10.1 Å². The van der Waals surface area contributed by atoms with Crippen molar-refractivity contribution in [3.8, 4) is 11.1 Å². The number of anilines is 1. The van der Waals surface area contributed by atoms with Gasteiger partial charge in [-0.3, -0.25) is 4.72 Å². The monoisotopic (exact) mass is 457 g/mol. The standard InChI is InChI=1S/C20H28FN3O4S2/c1-15(2)29(25,26)23-19-8-6-7-17(13-19)16-9-11-18(12-10-16)20(3,21)14-22-30(27,28)24(4)5/h6-13,15,22-23H,14H2,1-5H3. The number of hydrogen-bond acceptors (Lipinski definition) is 4. The molecule has 0 saturated heterocycles. The molecule has 0 bridgehead atoms. The van der Waals surface area contributed by atoms with Gasteiger partial charge in [0.05, 0.1) is 5.25 Å². The van der Waals surface area contributed by atoms with Crippen LogP contribution in [0.3, 0.4) is 0 Å². The van der Waals surface area contributed by atoms with Crippen LogP contribution >= 0.6 is 0 Å². The van der Waals surface area contributed by atoms with Gasteiger partial charge in [-0.25, -0.2) is 12.8 Å². The fourth-order valence-electron chi connectivity index (χ4n) is 2.51. The predicted molar refractivity (Wildman–Crippen MR) is 119 cm³/mol.